The summed E-state index contributed by atoms with van der Waals surface area (Å²) in [6.45, 7) is -0.597. The first kappa shape index (κ1) is 20.2. The van der Waals surface area contributed by atoms with Crippen molar-refractivity contribution >= 4 is 5.97 Å². The predicted molar refractivity (Wildman–Crippen MR) is 85.3 cm³/mol. The normalized spacial score (nSPS) is 28.3. The highest BCUT2D eigenvalue weighted by molar-refractivity contribution is 5.91. The van der Waals surface area contributed by atoms with Crippen LogP contribution in [0.3, 0.4) is 0 Å². The number of hydrogen-bond donors (Lipinski definition) is 4. The smallest absolute Gasteiger partial charge is 0.338 e. The Morgan fingerprint density at radius 1 is 1.04 bits per heavy atom. The molecule has 1 aromatic carbocycles. The lowest BCUT2D eigenvalue weighted by molar-refractivity contribution is -0.277. The van der Waals surface area contributed by atoms with Gasteiger partial charge in [0.2, 0.25) is 12.0 Å². The average molecular weight is 374 g/mol. The molecule has 10 nitrogen and oxygen atoms in total. The minimum Gasteiger partial charge on any atom is -0.493 e. The number of methoxy groups -OCH3 is 3. The van der Waals surface area contributed by atoms with Crippen molar-refractivity contribution in [3.8, 4) is 17.2 Å². The van der Waals surface area contributed by atoms with Crippen molar-refractivity contribution in [3.63, 3.8) is 0 Å². The van der Waals surface area contributed by atoms with E-state index >= 15 is 0 Å². The first-order valence-electron chi connectivity index (χ1n) is 7.69. The van der Waals surface area contributed by atoms with E-state index in [0.29, 0.717) is 0 Å². The zero-order chi connectivity index (χ0) is 19.4. The fraction of sp³-hybridized carbons (Fsp3) is 0.562. The van der Waals surface area contributed by atoms with Gasteiger partial charge in [0.15, 0.2) is 11.5 Å². The molecule has 0 saturated carbocycles. The lowest BCUT2D eigenvalue weighted by Gasteiger charge is -2.39. The fourth-order valence-electron chi connectivity index (χ4n) is 2.51. The van der Waals surface area contributed by atoms with Crippen molar-refractivity contribution in [2.24, 2.45) is 0 Å². The third kappa shape index (κ3) is 3.84. The molecule has 0 bridgehead atoms. The van der Waals surface area contributed by atoms with Crippen molar-refractivity contribution in [2.45, 2.75) is 30.7 Å². The van der Waals surface area contributed by atoms with Gasteiger partial charge in [0, 0.05) is 0 Å². The molecule has 1 aliphatic rings. The fourth-order valence-corrected chi connectivity index (χ4v) is 2.51. The van der Waals surface area contributed by atoms with Crippen LogP contribution < -0.4 is 14.2 Å². The Balaban J connectivity index is 2.37. The predicted octanol–water partition coefficient (Wildman–Crippen LogP) is -1.33. The SMILES string of the molecule is COC(=O)c1cc(OC)c(O[C@@H]2O[C@H](CO)[C@@H](O)[C@H](O)[C@H]2O)c(OC)c1. The third-order valence-electron chi connectivity index (χ3n) is 3.96. The van der Waals surface area contributed by atoms with Crippen LogP contribution >= 0.6 is 0 Å². The topological polar surface area (TPSA) is 144 Å². The molecule has 4 N–H and O–H groups in total. The van der Waals surface area contributed by atoms with Crippen molar-refractivity contribution < 1.29 is 48.9 Å². The van der Waals surface area contributed by atoms with Crippen LogP contribution in [-0.4, -0.2) is 85.0 Å². The van der Waals surface area contributed by atoms with Gasteiger partial charge in [0.1, 0.15) is 24.4 Å². The summed E-state index contributed by atoms with van der Waals surface area (Å²) in [7, 11) is 3.88. The van der Waals surface area contributed by atoms with Crippen molar-refractivity contribution in [2.75, 3.05) is 27.9 Å². The summed E-state index contributed by atoms with van der Waals surface area (Å²) in [5.74, 6) is -0.462. The van der Waals surface area contributed by atoms with Gasteiger partial charge in [-0.15, -0.1) is 0 Å². The van der Waals surface area contributed by atoms with Gasteiger partial charge in [-0.2, -0.15) is 0 Å². The number of aliphatic hydroxyl groups excluding tert-OH is 4. The maximum atomic E-state index is 11.7. The van der Waals surface area contributed by atoms with Gasteiger partial charge >= 0.3 is 5.97 Å². The molecule has 0 aliphatic carbocycles. The lowest BCUT2D eigenvalue weighted by atomic mass is 9.99. The van der Waals surface area contributed by atoms with E-state index in [1.54, 1.807) is 0 Å². The van der Waals surface area contributed by atoms with Crippen LogP contribution in [0, 0.1) is 0 Å². The lowest BCUT2D eigenvalue weighted by Crippen LogP contribution is -2.60. The number of rotatable bonds is 6. The summed E-state index contributed by atoms with van der Waals surface area (Å²) in [5, 5.41) is 39.0. The van der Waals surface area contributed by atoms with E-state index in [1.807, 2.05) is 0 Å². The van der Waals surface area contributed by atoms with Gasteiger partial charge in [-0.3, -0.25) is 0 Å². The van der Waals surface area contributed by atoms with Crippen molar-refractivity contribution in [1.82, 2.24) is 0 Å². The summed E-state index contributed by atoms with van der Waals surface area (Å²) in [4.78, 5) is 11.7. The molecule has 0 unspecified atom stereocenters. The average Bonchev–Trinajstić information content (AvgIpc) is 2.67. The Bertz CT molecular complexity index is 606. The molecule has 10 heteroatoms. The minimum absolute atomic E-state index is 0.00742. The molecule has 1 aromatic rings. The Labute approximate surface area is 149 Å². The van der Waals surface area contributed by atoms with Gasteiger partial charge in [-0.25, -0.2) is 4.79 Å². The monoisotopic (exact) mass is 374 g/mol. The second-order valence-corrected chi connectivity index (χ2v) is 5.52. The van der Waals surface area contributed by atoms with E-state index in [9.17, 15) is 25.2 Å². The quantitative estimate of drug-likeness (QED) is 0.442. The van der Waals surface area contributed by atoms with Crippen LogP contribution in [0.25, 0.3) is 0 Å². The molecule has 0 aromatic heterocycles. The van der Waals surface area contributed by atoms with Crippen LogP contribution in [0.4, 0.5) is 0 Å². The second-order valence-electron chi connectivity index (χ2n) is 5.52. The molecule has 1 heterocycles. The van der Waals surface area contributed by atoms with Gasteiger partial charge in [0.25, 0.3) is 0 Å². The molecule has 1 saturated heterocycles. The number of ether oxygens (including phenoxy) is 5. The highest BCUT2D eigenvalue weighted by Crippen LogP contribution is 2.40. The number of aliphatic hydroxyl groups is 4. The molecule has 26 heavy (non-hydrogen) atoms. The Hall–Kier alpha value is -2.11. The number of hydrogen-bond acceptors (Lipinski definition) is 10. The molecule has 1 aliphatic heterocycles. The number of esters is 1. The largest absolute Gasteiger partial charge is 0.493 e. The molecule has 5 atom stereocenters. The molecule has 1 fully saturated rings. The molecular weight excluding hydrogens is 352 g/mol. The number of carbonyl (C=O) groups excluding carboxylic acids is 1. The minimum atomic E-state index is -1.61. The van der Waals surface area contributed by atoms with E-state index in [4.69, 9.17) is 18.9 Å². The van der Waals surface area contributed by atoms with E-state index in [-0.39, 0.29) is 22.8 Å². The summed E-state index contributed by atoms with van der Waals surface area (Å²) in [6, 6.07) is 2.68. The molecule has 146 valence electrons. The third-order valence-corrected chi connectivity index (χ3v) is 3.96. The number of carbonyl (C=O) groups is 1. The molecule has 2 rings (SSSR count). The Morgan fingerprint density at radius 3 is 2.08 bits per heavy atom. The van der Waals surface area contributed by atoms with Crippen LogP contribution in [0.5, 0.6) is 17.2 Å². The molecular formula is C16H22O10. The van der Waals surface area contributed by atoms with Crippen LogP contribution in [0.15, 0.2) is 12.1 Å². The van der Waals surface area contributed by atoms with Crippen molar-refractivity contribution in [3.05, 3.63) is 17.7 Å². The second kappa shape index (κ2) is 8.52. The van der Waals surface area contributed by atoms with E-state index in [1.165, 1.54) is 33.5 Å². The summed E-state index contributed by atoms with van der Waals surface area (Å²) >= 11 is 0. The standard InChI is InChI=1S/C16H22O10/c1-22-8-4-7(15(21)24-3)5-9(23-2)14(8)26-16-13(20)12(19)11(18)10(6-17)25-16/h4-5,10-13,16-20H,6H2,1-3H3/t10-,11-,12+,13-,16+/m1/s1. The molecule has 0 radical (unpaired) electrons. The summed E-state index contributed by atoms with van der Waals surface area (Å²) in [6.07, 6.45) is -7.29. The Kier molecular flexibility index (Phi) is 6.62. The van der Waals surface area contributed by atoms with E-state index in [0.717, 1.165) is 0 Å². The summed E-state index contributed by atoms with van der Waals surface area (Å²) in [5.41, 5.74) is 0.141. The number of benzene rings is 1. The summed E-state index contributed by atoms with van der Waals surface area (Å²) < 4.78 is 25.9. The maximum Gasteiger partial charge on any atom is 0.338 e. The van der Waals surface area contributed by atoms with Gasteiger partial charge < -0.3 is 44.1 Å². The van der Waals surface area contributed by atoms with Gasteiger partial charge in [-0.05, 0) is 12.1 Å². The van der Waals surface area contributed by atoms with Gasteiger partial charge in [-0.1, -0.05) is 0 Å². The highest BCUT2D eigenvalue weighted by Gasteiger charge is 2.45. The molecule has 0 spiro atoms. The Morgan fingerprint density at radius 2 is 1.62 bits per heavy atom. The van der Waals surface area contributed by atoms with Crippen LogP contribution in [0.1, 0.15) is 10.4 Å². The molecule has 0 amide bonds. The van der Waals surface area contributed by atoms with Crippen LogP contribution in [-0.2, 0) is 9.47 Å². The maximum absolute atomic E-state index is 11.7. The van der Waals surface area contributed by atoms with Crippen LogP contribution in [0.2, 0.25) is 0 Å². The highest BCUT2D eigenvalue weighted by atomic mass is 16.7. The van der Waals surface area contributed by atoms with Crippen molar-refractivity contribution in [1.29, 1.82) is 0 Å². The zero-order valence-electron chi connectivity index (χ0n) is 14.5. The first-order valence-corrected chi connectivity index (χ1v) is 7.69. The zero-order valence-corrected chi connectivity index (χ0v) is 14.5. The first-order chi connectivity index (χ1) is 12.4. The van der Waals surface area contributed by atoms with E-state index < -0.39 is 43.3 Å². The van der Waals surface area contributed by atoms with Gasteiger partial charge in [0.05, 0.1) is 33.5 Å². The van der Waals surface area contributed by atoms with E-state index in [2.05, 4.69) is 4.74 Å².